The Morgan fingerprint density at radius 1 is 1.50 bits per heavy atom. The van der Waals surface area contributed by atoms with Gasteiger partial charge in [0.05, 0.1) is 6.10 Å². The topological polar surface area (TPSA) is 29.5 Å². The van der Waals surface area contributed by atoms with E-state index in [0.29, 0.717) is 12.3 Å². The largest absolute Gasteiger partial charge is 0.487 e. The minimum Gasteiger partial charge on any atom is -0.487 e. The number of benzene rings is 1. The second-order valence-corrected chi connectivity index (χ2v) is 6.80. The molecule has 0 aromatic heterocycles. The highest BCUT2D eigenvalue weighted by Crippen LogP contribution is 2.42. The molecule has 1 aliphatic heterocycles. The maximum atomic E-state index is 10.3. The maximum Gasteiger partial charge on any atom is 0.126 e. The van der Waals surface area contributed by atoms with Gasteiger partial charge in [-0.3, -0.25) is 0 Å². The van der Waals surface area contributed by atoms with Gasteiger partial charge in [0, 0.05) is 16.5 Å². The first-order chi connectivity index (χ1) is 8.39. The van der Waals surface area contributed by atoms with Gasteiger partial charge in [0.1, 0.15) is 11.4 Å². The van der Waals surface area contributed by atoms with Crippen molar-refractivity contribution in [2.75, 3.05) is 0 Å². The summed E-state index contributed by atoms with van der Waals surface area (Å²) in [7, 11) is 0. The summed E-state index contributed by atoms with van der Waals surface area (Å²) < 4.78 is 7.10. The van der Waals surface area contributed by atoms with Crippen LogP contribution in [0.25, 0.3) is 0 Å². The van der Waals surface area contributed by atoms with Crippen molar-refractivity contribution in [3.05, 3.63) is 28.2 Å². The first-order valence-corrected chi connectivity index (χ1v) is 7.35. The molecule has 0 saturated heterocycles. The van der Waals surface area contributed by atoms with E-state index in [4.69, 9.17) is 4.74 Å². The Bertz CT molecular complexity index is 431. The van der Waals surface area contributed by atoms with Crippen molar-refractivity contribution in [3.63, 3.8) is 0 Å². The van der Waals surface area contributed by atoms with Crippen LogP contribution < -0.4 is 4.74 Å². The summed E-state index contributed by atoms with van der Waals surface area (Å²) in [5.74, 6) is 1.48. The molecule has 1 unspecified atom stereocenters. The van der Waals surface area contributed by atoms with Gasteiger partial charge >= 0.3 is 0 Å². The Kier molecular flexibility index (Phi) is 4.02. The van der Waals surface area contributed by atoms with E-state index in [9.17, 15) is 5.11 Å². The average Bonchev–Trinajstić information content (AvgIpc) is 2.28. The molecule has 0 radical (unpaired) electrons. The van der Waals surface area contributed by atoms with Crippen LogP contribution in [-0.2, 0) is 0 Å². The molecule has 1 heterocycles. The fraction of sp³-hybridized carbons (Fsp3) is 0.600. The molecular formula is C15H21BrO2. The van der Waals surface area contributed by atoms with Crippen molar-refractivity contribution in [1.29, 1.82) is 0 Å². The van der Waals surface area contributed by atoms with E-state index in [0.717, 1.165) is 28.6 Å². The minimum absolute atomic E-state index is 0.246. The van der Waals surface area contributed by atoms with Crippen molar-refractivity contribution in [2.24, 2.45) is 5.92 Å². The molecule has 0 spiro atoms. The summed E-state index contributed by atoms with van der Waals surface area (Å²) in [6, 6.07) is 5.84. The Balaban J connectivity index is 2.19. The lowest BCUT2D eigenvalue weighted by molar-refractivity contribution is -0.0101. The lowest BCUT2D eigenvalue weighted by atomic mass is 9.85. The molecule has 1 aromatic carbocycles. The van der Waals surface area contributed by atoms with Gasteiger partial charge in [0.25, 0.3) is 0 Å². The van der Waals surface area contributed by atoms with Gasteiger partial charge < -0.3 is 9.84 Å². The summed E-state index contributed by atoms with van der Waals surface area (Å²) in [6.07, 6.45) is 2.35. The standard InChI is InChI=1S/C15H21BrO2/c1-10(2)6-7-15(3)9-13(17)12-8-11(16)4-5-14(12)18-15/h4-5,8,10,13,17H,6-7,9H2,1-3H3/t13-,15?/m0/s1. The number of ether oxygens (including phenoxy) is 1. The Morgan fingerprint density at radius 2 is 2.22 bits per heavy atom. The third-order valence-electron chi connectivity index (χ3n) is 3.56. The lowest BCUT2D eigenvalue weighted by Gasteiger charge is -2.38. The molecular weight excluding hydrogens is 292 g/mol. The molecule has 18 heavy (non-hydrogen) atoms. The van der Waals surface area contributed by atoms with E-state index >= 15 is 0 Å². The van der Waals surface area contributed by atoms with E-state index in [1.165, 1.54) is 0 Å². The zero-order valence-electron chi connectivity index (χ0n) is 11.2. The van der Waals surface area contributed by atoms with Crippen LogP contribution in [0.5, 0.6) is 5.75 Å². The molecule has 1 aromatic rings. The van der Waals surface area contributed by atoms with E-state index < -0.39 is 6.10 Å². The number of rotatable bonds is 3. The Hall–Kier alpha value is -0.540. The van der Waals surface area contributed by atoms with Crippen molar-refractivity contribution < 1.29 is 9.84 Å². The fourth-order valence-electron chi connectivity index (χ4n) is 2.45. The molecule has 0 bridgehead atoms. The average molecular weight is 313 g/mol. The number of halogens is 1. The highest BCUT2D eigenvalue weighted by molar-refractivity contribution is 9.10. The van der Waals surface area contributed by atoms with Gasteiger partial charge in [-0.1, -0.05) is 29.8 Å². The van der Waals surface area contributed by atoms with Gasteiger partial charge in [-0.25, -0.2) is 0 Å². The molecule has 3 heteroatoms. The third kappa shape index (κ3) is 3.07. The van der Waals surface area contributed by atoms with Crippen molar-refractivity contribution >= 4 is 15.9 Å². The second-order valence-electron chi connectivity index (χ2n) is 5.89. The van der Waals surface area contributed by atoms with E-state index in [1.807, 2.05) is 18.2 Å². The first kappa shape index (κ1) is 13.9. The van der Waals surface area contributed by atoms with Gasteiger partial charge in [0.15, 0.2) is 0 Å². The number of aliphatic hydroxyl groups is 1. The van der Waals surface area contributed by atoms with Crippen LogP contribution >= 0.6 is 15.9 Å². The quantitative estimate of drug-likeness (QED) is 0.893. The van der Waals surface area contributed by atoms with Crippen LogP contribution in [0.4, 0.5) is 0 Å². The van der Waals surface area contributed by atoms with Crippen LogP contribution in [0.15, 0.2) is 22.7 Å². The van der Waals surface area contributed by atoms with Crippen LogP contribution in [0.3, 0.4) is 0 Å². The highest BCUT2D eigenvalue weighted by Gasteiger charge is 2.36. The zero-order valence-corrected chi connectivity index (χ0v) is 12.8. The predicted octanol–water partition coefficient (Wildman–Crippen LogP) is 4.46. The Labute approximate surface area is 117 Å². The summed E-state index contributed by atoms with van der Waals surface area (Å²) in [5.41, 5.74) is 0.649. The highest BCUT2D eigenvalue weighted by atomic mass is 79.9. The minimum atomic E-state index is -0.427. The molecule has 2 nitrogen and oxygen atoms in total. The van der Waals surface area contributed by atoms with Crippen LogP contribution in [0.2, 0.25) is 0 Å². The van der Waals surface area contributed by atoms with Gasteiger partial charge in [-0.05, 0) is 43.9 Å². The maximum absolute atomic E-state index is 10.3. The molecule has 2 rings (SSSR count). The van der Waals surface area contributed by atoms with Crippen molar-refractivity contribution in [3.8, 4) is 5.75 Å². The smallest absolute Gasteiger partial charge is 0.126 e. The first-order valence-electron chi connectivity index (χ1n) is 6.56. The number of hydrogen-bond donors (Lipinski definition) is 1. The number of hydrogen-bond acceptors (Lipinski definition) is 2. The normalized spacial score (nSPS) is 26.9. The SMILES string of the molecule is CC(C)CCC1(C)C[C@H](O)c2cc(Br)ccc2O1. The fourth-order valence-corrected chi connectivity index (χ4v) is 2.82. The summed E-state index contributed by atoms with van der Waals surface area (Å²) >= 11 is 3.43. The molecule has 0 amide bonds. The second kappa shape index (κ2) is 5.22. The van der Waals surface area contributed by atoms with Gasteiger partial charge in [0.2, 0.25) is 0 Å². The molecule has 0 saturated carbocycles. The predicted molar refractivity (Wildman–Crippen MR) is 76.8 cm³/mol. The molecule has 2 atom stereocenters. The molecule has 0 fully saturated rings. The summed E-state index contributed by atoms with van der Waals surface area (Å²) in [6.45, 7) is 6.53. The van der Waals surface area contributed by atoms with Crippen LogP contribution in [0.1, 0.15) is 51.7 Å². The van der Waals surface area contributed by atoms with Gasteiger partial charge in [-0.15, -0.1) is 0 Å². The third-order valence-corrected chi connectivity index (χ3v) is 4.06. The summed E-state index contributed by atoms with van der Waals surface area (Å²) in [4.78, 5) is 0. The molecule has 0 aliphatic carbocycles. The van der Waals surface area contributed by atoms with Crippen molar-refractivity contribution in [2.45, 2.75) is 51.7 Å². The van der Waals surface area contributed by atoms with Gasteiger partial charge in [-0.2, -0.15) is 0 Å². The zero-order chi connectivity index (χ0) is 13.3. The summed E-state index contributed by atoms with van der Waals surface area (Å²) in [5, 5.41) is 10.3. The van der Waals surface area contributed by atoms with E-state index in [-0.39, 0.29) is 5.60 Å². The molecule has 100 valence electrons. The monoisotopic (exact) mass is 312 g/mol. The molecule has 1 aliphatic rings. The van der Waals surface area contributed by atoms with E-state index in [1.54, 1.807) is 0 Å². The number of fused-ring (bicyclic) bond motifs is 1. The Morgan fingerprint density at radius 3 is 2.89 bits per heavy atom. The van der Waals surface area contributed by atoms with E-state index in [2.05, 4.69) is 36.7 Å². The molecule has 1 N–H and O–H groups in total. The van der Waals surface area contributed by atoms with Crippen LogP contribution in [0, 0.1) is 5.92 Å². The van der Waals surface area contributed by atoms with Crippen molar-refractivity contribution in [1.82, 2.24) is 0 Å². The van der Waals surface area contributed by atoms with Crippen LogP contribution in [-0.4, -0.2) is 10.7 Å². The number of aliphatic hydroxyl groups excluding tert-OH is 1. The lowest BCUT2D eigenvalue weighted by Crippen LogP contribution is -2.38.